The lowest BCUT2D eigenvalue weighted by Crippen LogP contribution is -2.20. The number of rotatable bonds is 12. The zero-order valence-corrected chi connectivity index (χ0v) is 17.3. The molecule has 0 aromatic heterocycles. The van der Waals surface area contributed by atoms with Crippen molar-refractivity contribution in [3.63, 3.8) is 0 Å². The number of halogens is 2. The minimum Gasteiger partial charge on any atom is -0.311 e. The molecule has 0 aromatic rings. The molecule has 0 aliphatic heterocycles. The fourth-order valence-electron chi connectivity index (χ4n) is 1.88. The van der Waals surface area contributed by atoms with Crippen LogP contribution in [0.25, 0.3) is 0 Å². The smallest absolute Gasteiger partial charge is 0.311 e. The van der Waals surface area contributed by atoms with Crippen LogP contribution in [0.3, 0.4) is 0 Å². The molecule has 6 heteroatoms. The average molecular weight is 436 g/mol. The van der Waals surface area contributed by atoms with Crippen LogP contribution >= 0.6 is 40.1 Å². The van der Waals surface area contributed by atoms with Gasteiger partial charge in [0.25, 0.3) is 0 Å². The van der Waals surface area contributed by atoms with E-state index in [-0.39, 0.29) is 8.65 Å². The maximum Gasteiger partial charge on any atom is 0.319 e. The Morgan fingerprint density at radius 1 is 0.800 bits per heavy atom. The Morgan fingerprint density at radius 2 is 1.10 bits per heavy atom. The summed E-state index contributed by atoms with van der Waals surface area (Å²) in [5.74, 6) is 0. The molecule has 0 bridgehead atoms. The number of hydrogen-bond acceptors (Lipinski definition) is 3. The van der Waals surface area contributed by atoms with Crippen LogP contribution < -0.4 is 0 Å². The molecule has 0 saturated heterocycles. The lowest BCUT2D eigenvalue weighted by molar-refractivity contribution is 0.208. The van der Waals surface area contributed by atoms with Crippen molar-refractivity contribution in [2.45, 2.75) is 74.9 Å². The van der Waals surface area contributed by atoms with Crippen molar-refractivity contribution in [1.82, 2.24) is 0 Å². The van der Waals surface area contributed by atoms with Crippen molar-refractivity contribution in [2.75, 3.05) is 13.2 Å². The minimum atomic E-state index is -2.36. The summed E-state index contributed by atoms with van der Waals surface area (Å²) in [5, 5.41) is 0. The molecule has 0 spiro atoms. The van der Waals surface area contributed by atoms with Crippen molar-refractivity contribution in [3.8, 4) is 0 Å². The van der Waals surface area contributed by atoms with E-state index in [4.69, 9.17) is 9.05 Å². The normalized spacial score (nSPS) is 13.2. The number of alkyl halides is 2. The standard InChI is InChI=1S/C14H29Br2O3P/c1-5-13(15,6-2)9-11-18-20(17)19-12-10-14(16,7-3)8-4/h20H,5-12H2,1-4H3. The summed E-state index contributed by atoms with van der Waals surface area (Å²) in [6.07, 6.45) is 5.85. The molecule has 0 aliphatic rings. The largest absolute Gasteiger partial charge is 0.319 e. The van der Waals surface area contributed by atoms with Crippen LogP contribution in [-0.2, 0) is 13.6 Å². The molecule has 0 aromatic carbocycles. The van der Waals surface area contributed by atoms with E-state index in [0.717, 1.165) is 38.5 Å². The lowest BCUT2D eigenvalue weighted by Gasteiger charge is -2.24. The molecule has 20 heavy (non-hydrogen) atoms. The Labute approximate surface area is 141 Å². The molecule has 3 nitrogen and oxygen atoms in total. The van der Waals surface area contributed by atoms with Crippen LogP contribution in [0.2, 0.25) is 0 Å². The van der Waals surface area contributed by atoms with Gasteiger partial charge < -0.3 is 9.05 Å². The Kier molecular flexibility index (Phi) is 11.4. The molecule has 122 valence electrons. The first-order valence-electron chi connectivity index (χ1n) is 7.52. The van der Waals surface area contributed by atoms with E-state index in [2.05, 4.69) is 59.6 Å². The predicted octanol–water partition coefficient (Wildman–Crippen LogP) is 6.10. The maximum atomic E-state index is 11.7. The molecule has 0 unspecified atom stereocenters. The summed E-state index contributed by atoms with van der Waals surface area (Å²) in [6.45, 7) is 9.52. The van der Waals surface area contributed by atoms with Crippen LogP contribution in [0, 0.1) is 0 Å². The Bertz CT molecular complexity index is 254. The summed E-state index contributed by atoms with van der Waals surface area (Å²) in [7, 11) is -2.36. The van der Waals surface area contributed by atoms with Gasteiger partial charge in [-0.05, 0) is 38.5 Å². The molecule has 0 amide bonds. The second-order valence-corrected chi connectivity index (χ2v) is 9.60. The van der Waals surface area contributed by atoms with E-state index in [0.29, 0.717) is 13.2 Å². The molecular weight excluding hydrogens is 407 g/mol. The van der Waals surface area contributed by atoms with Gasteiger partial charge in [-0.25, -0.2) is 0 Å². The topological polar surface area (TPSA) is 35.5 Å². The monoisotopic (exact) mass is 434 g/mol. The summed E-state index contributed by atoms with van der Waals surface area (Å²) < 4.78 is 22.5. The Morgan fingerprint density at radius 3 is 1.35 bits per heavy atom. The van der Waals surface area contributed by atoms with Gasteiger partial charge in [0.05, 0.1) is 13.2 Å². The first kappa shape index (κ1) is 21.1. The highest BCUT2D eigenvalue weighted by molar-refractivity contribution is 9.10. The fraction of sp³-hybridized carbons (Fsp3) is 1.00. The van der Waals surface area contributed by atoms with Gasteiger partial charge in [-0.1, -0.05) is 59.6 Å². The van der Waals surface area contributed by atoms with Crippen molar-refractivity contribution in [2.24, 2.45) is 0 Å². The van der Waals surface area contributed by atoms with E-state index < -0.39 is 8.25 Å². The van der Waals surface area contributed by atoms with Crippen molar-refractivity contribution in [1.29, 1.82) is 0 Å². The zero-order chi connectivity index (χ0) is 15.6. The predicted molar refractivity (Wildman–Crippen MR) is 94.6 cm³/mol. The summed E-state index contributed by atoms with van der Waals surface area (Å²) >= 11 is 7.43. The van der Waals surface area contributed by atoms with E-state index in [1.54, 1.807) is 0 Å². The number of hydrogen-bond donors (Lipinski definition) is 0. The van der Waals surface area contributed by atoms with Crippen molar-refractivity contribution >= 4 is 40.1 Å². The van der Waals surface area contributed by atoms with Gasteiger partial charge in [-0.3, -0.25) is 4.57 Å². The van der Waals surface area contributed by atoms with Gasteiger partial charge in [0.15, 0.2) is 0 Å². The molecule has 0 heterocycles. The first-order chi connectivity index (χ1) is 9.34. The van der Waals surface area contributed by atoms with Crippen LogP contribution in [-0.4, -0.2) is 21.9 Å². The summed E-state index contributed by atoms with van der Waals surface area (Å²) in [4.78, 5) is 0. The molecule has 0 N–H and O–H groups in total. The van der Waals surface area contributed by atoms with Crippen LogP contribution in [0.4, 0.5) is 0 Å². The highest BCUT2D eigenvalue weighted by Gasteiger charge is 2.23. The van der Waals surface area contributed by atoms with Crippen LogP contribution in [0.5, 0.6) is 0 Å². The molecule has 0 radical (unpaired) electrons. The third kappa shape index (κ3) is 8.53. The van der Waals surface area contributed by atoms with Gasteiger partial charge in [0.2, 0.25) is 0 Å². The average Bonchev–Trinajstić information content (AvgIpc) is 2.46. The zero-order valence-electron chi connectivity index (χ0n) is 13.1. The molecule has 0 saturated carbocycles. The molecule has 0 fully saturated rings. The highest BCUT2D eigenvalue weighted by atomic mass is 79.9. The van der Waals surface area contributed by atoms with Gasteiger partial charge in [0.1, 0.15) is 0 Å². The van der Waals surface area contributed by atoms with Gasteiger partial charge >= 0.3 is 8.25 Å². The SMILES string of the molecule is CCC(Br)(CC)CCO[PH](=O)OCCC(Br)(CC)CC. The summed E-state index contributed by atoms with van der Waals surface area (Å²) in [6, 6.07) is 0. The molecular formula is C14H29Br2O3P. The van der Waals surface area contributed by atoms with Gasteiger partial charge in [-0.15, -0.1) is 0 Å². The van der Waals surface area contributed by atoms with E-state index in [1.807, 2.05) is 0 Å². The summed E-state index contributed by atoms with van der Waals surface area (Å²) in [5.41, 5.74) is 0. The molecule has 0 atom stereocenters. The molecule has 0 rings (SSSR count). The minimum absolute atomic E-state index is 0.102. The van der Waals surface area contributed by atoms with Gasteiger partial charge in [0, 0.05) is 8.65 Å². The van der Waals surface area contributed by atoms with Crippen LogP contribution in [0.1, 0.15) is 66.2 Å². The maximum absolute atomic E-state index is 11.7. The van der Waals surface area contributed by atoms with Gasteiger partial charge in [-0.2, -0.15) is 0 Å². The quantitative estimate of drug-likeness (QED) is 0.274. The van der Waals surface area contributed by atoms with Crippen molar-refractivity contribution < 1.29 is 13.6 Å². The third-order valence-electron chi connectivity index (χ3n) is 4.07. The van der Waals surface area contributed by atoms with E-state index in [9.17, 15) is 4.57 Å². The Hall–Kier alpha value is 1.11. The third-order valence-corrected chi connectivity index (χ3v) is 7.99. The van der Waals surface area contributed by atoms with Crippen molar-refractivity contribution in [3.05, 3.63) is 0 Å². The van der Waals surface area contributed by atoms with E-state index in [1.165, 1.54) is 0 Å². The highest BCUT2D eigenvalue weighted by Crippen LogP contribution is 2.34. The van der Waals surface area contributed by atoms with Crippen LogP contribution in [0.15, 0.2) is 0 Å². The second-order valence-electron chi connectivity index (χ2n) is 5.16. The molecule has 0 aliphatic carbocycles. The Balaban J connectivity index is 3.85. The second kappa shape index (κ2) is 10.8. The first-order valence-corrected chi connectivity index (χ1v) is 10.3. The fourth-order valence-corrected chi connectivity index (χ4v) is 2.83. The van der Waals surface area contributed by atoms with E-state index >= 15 is 0 Å². The lowest BCUT2D eigenvalue weighted by atomic mass is 10.00.